The van der Waals surface area contributed by atoms with Gasteiger partial charge < -0.3 is 0 Å². The Labute approximate surface area is 152 Å². The van der Waals surface area contributed by atoms with E-state index in [1.165, 1.54) is 22.9 Å². The first-order valence-corrected chi connectivity index (χ1v) is 8.12. The summed E-state index contributed by atoms with van der Waals surface area (Å²) in [5.41, 5.74) is 0.593. The first-order chi connectivity index (χ1) is 13.2. The van der Waals surface area contributed by atoms with Gasteiger partial charge in [0.2, 0.25) is 0 Å². The Balaban J connectivity index is 2.04. The molecule has 0 aliphatic carbocycles. The topological polar surface area (TPSA) is 99.2 Å². The molecule has 0 atom stereocenters. The van der Waals surface area contributed by atoms with Gasteiger partial charge in [-0.15, -0.1) is 4.91 Å². The summed E-state index contributed by atoms with van der Waals surface area (Å²) >= 11 is 0. The van der Waals surface area contributed by atoms with Crippen molar-refractivity contribution in [2.45, 2.75) is 6.54 Å². The highest BCUT2D eigenvalue weighted by Gasteiger charge is 2.16. The SMILES string of the molecule is O=Nc1cccc(-n2c(=O)n(Cc3ccncc3)c(=O)c3cccnc32)c1. The van der Waals surface area contributed by atoms with Crippen LogP contribution >= 0.6 is 0 Å². The molecule has 0 radical (unpaired) electrons. The number of nitrogens with zero attached hydrogens (tertiary/aromatic N) is 5. The minimum atomic E-state index is -0.550. The fourth-order valence-electron chi connectivity index (χ4n) is 2.92. The minimum Gasteiger partial charge on any atom is -0.268 e. The van der Waals surface area contributed by atoms with E-state index < -0.39 is 11.2 Å². The van der Waals surface area contributed by atoms with E-state index in [9.17, 15) is 14.5 Å². The van der Waals surface area contributed by atoms with Gasteiger partial charge in [-0.25, -0.2) is 14.3 Å². The van der Waals surface area contributed by atoms with Crippen LogP contribution in [0.3, 0.4) is 0 Å². The summed E-state index contributed by atoms with van der Waals surface area (Å²) in [7, 11) is 0. The molecular formula is C19H13N5O3. The van der Waals surface area contributed by atoms with E-state index >= 15 is 0 Å². The van der Waals surface area contributed by atoms with E-state index in [4.69, 9.17) is 0 Å². The fraction of sp³-hybridized carbons (Fsp3) is 0.0526. The van der Waals surface area contributed by atoms with E-state index in [2.05, 4.69) is 15.1 Å². The second kappa shape index (κ2) is 6.75. The van der Waals surface area contributed by atoms with Crippen LogP contribution in [0, 0.1) is 4.91 Å². The van der Waals surface area contributed by atoms with Crippen LogP contribution in [-0.4, -0.2) is 19.1 Å². The van der Waals surface area contributed by atoms with Crippen molar-refractivity contribution in [3.05, 3.63) is 98.4 Å². The molecule has 0 fully saturated rings. The highest BCUT2D eigenvalue weighted by atomic mass is 16.3. The summed E-state index contributed by atoms with van der Waals surface area (Å²) in [4.78, 5) is 45.1. The van der Waals surface area contributed by atoms with Gasteiger partial charge in [0.15, 0.2) is 5.65 Å². The number of nitroso groups, excluding NO2 is 1. The number of rotatable bonds is 4. The zero-order chi connectivity index (χ0) is 18.8. The van der Waals surface area contributed by atoms with Crippen LogP contribution in [0.15, 0.2) is 81.9 Å². The van der Waals surface area contributed by atoms with Crippen molar-refractivity contribution in [2.75, 3.05) is 0 Å². The highest BCUT2D eigenvalue weighted by Crippen LogP contribution is 2.18. The van der Waals surface area contributed by atoms with Crippen LogP contribution in [0.1, 0.15) is 5.56 Å². The first-order valence-electron chi connectivity index (χ1n) is 8.12. The lowest BCUT2D eigenvalue weighted by atomic mass is 10.2. The third kappa shape index (κ3) is 2.93. The Morgan fingerprint density at radius 1 is 0.963 bits per heavy atom. The number of pyridine rings is 2. The third-order valence-electron chi connectivity index (χ3n) is 4.18. The minimum absolute atomic E-state index is 0.0939. The van der Waals surface area contributed by atoms with Crippen LogP contribution in [-0.2, 0) is 6.54 Å². The lowest BCUT2D eigenvalue weighted by molar-refractivity contribution is 0.682. The smallest absolute Gasteiger partial charge is 0.268 e. The number of fused-ring (bicyclic) bond motifs is 1. The maximum atomic E-state index is 13.2. The van der Waals surface area contributed by atoms with E-state index in [1.807, 2.05) is 0 Å². The lowest BCUT2D eigenvalue weighted by Crippen LogP contribution is -2.40. The standard InChI is InChI=1S/C19H13N5O3/c25-18-16-5-2-8-21-17(16)24(15-4-1-3-14(11-15)22-27)19(26)23(18)12-13-6-9-20-10-7-13/h1-11H,12H2. The van der Waals surface area contributed by atoms with Crippen molar-refractivity contribution in [3.8, 4) is 5.69 Å². The van der Waals surface area contributed by atoms with Gasteiger partial charge in [-0.1, -0.05) is 6.07 Å². The monoisotopic (exact) mass is 359 g/mol. The molecule has 0 saturated carbocycles. The molecule has 8 heteroatoms. The molecule has 0 saturated heterocycles. The summed E-state index contributed by atoms with van der Waals surface area (Å²) in [5, 5.41) is 3.21. The Hall–Kier alpha value is -3.94. The molecule has 0 N–H and O–H groups in total. The first kappa shape index (κ1) is 16.5. The number of benzene rings is 1. The largest absolute Gasteiger partial charge is 0.337 e. The van der Waals surface area contributed by atoms with Crippen LogP contribution < -0.4 is 11.2 Å². The Morgan fingerprint density at radius 2 is 1.78 bits per heavy atom. The van der Waals surface area contributed by atoms with Gasteiger partial charge in [0.05, 0.1) is 17.6 Å². The lowest BCUT2D eigenvalue weighted by Gasteiger charge is -2.13. The number of hydrogen-bond donors (Lipinski definition) is 0. The summed E-state index contributed by atoms with van der Waals surface area (Å²) < 4.78 is 2.45. The quantitative estimate of drug-likeness (QED) is 0.521. The molecule has 0 amide bonds. The van der Waals surface area contributed by atoms with Gasteiger partial charge in [-0.3, -0.25) is 14.3 Å². The Bertz CT molecular complexity index is 1260. The molecule has 3 aromatic heterocycles. The molecule has 0 aliphatic heterocycles. The molecule has 4 aromatic rings. The average molecular weight is 359 g/mol. The van der Waals surface area contributed by atoms with Gasteiger partial charge in [0, 0.05) is 18.6 Å². The summed E-state index contributed by atoms with van der Waals surface area (Å²) in [6.45, 7) is 0.0939. The highest BCUT2D eigenvalue weighted by molar-refractivity contribution is 5.75. The van der Waals surface area contributed by atoms with E-state index in [-0.39, 0.29) is 17.9 Å². The molecule has 0 spiro atoms. The Morgan fingerprint density at radius 3 is 2.56 bits per heavy atom. The maximum absolute atomic E-state index is 13.2. The predicted octanol–water partition coefficient (Wildman–Crippen LogP) is 2.39. The van der Waals surface area contributed by atoms with Crippen molar-refractivity contribution in [1.29, 1.82) is 0 Å². The van der Waals surface area contributed by atoms with Crippen LogP contribution in [0.25, 0.3) is 16.7 Å². The van der Waals surface area contributed by atoms with Crippen LogP contribution in [0.4, 0.5) is 5.69 Å². The molecular weight excluding hydrogens is 346 g/mol. The third-order valence-corrected chi connectivity index (χ3v) is 4.18. The number of hydrogen-bond acceptors (Lipinski definition) is 6. The molecule has 1 aromatic carbocycles. The van der Waals surface area contributed by atoms with Crippen molar-refractivity contribution in [2.24, 2.45) is 5.18 Å². The molecule has 0 unspecified atom stereocenters. The summed E-state index contributed by atoms with van der Waals surface area (Å²) in [6.07, 6.45) is 4.70. The summed E-state index contributed by atoms with van der Waals surface area (Å²) in [5.74, 6) is 0. The molecule has 132 valence electrons. The average Bonchev–Trinajstić information content (AvgIpc) is 2.72. The van der Waals surface area contributed by atoms with Crippen LogP contribution in [0.5, 0.6) is 0 Å². The number of aromatic nitrogens is 4. The molecule has 8 nitrogen and oxygen atoms in total. The van der Waals surface area contributed by atoms with Gasteiger partial charge in [-0.05, 0) is 53.2 Å². The van der Waals surface area contributed by atoms with E-state index in [0.29, 0.717) is 11.1 Å². The van der Waals surface area contributed by atoms with Gasteiger partial charge in [0.1, 0.15) is 5.69 Å². The normalized spacial score (nSPS) is 10.8. The Kier molecular flexibility index (Phi) is 4.13. The molecule has 27 heavy (non-hydrogen) atoms. The van der Waals surface area contributed by atoms with E-state index in [0.717, 1.165) is 10.1 Å². The second-order valence-electron chi connectivity index (χ2n) is 5.85. The molecule has 0 aliphatic rings. The predicted molar refractivity (Wildman–Crippen MR) is 100 cm³/mol. The molecule has 0 bridgehead atoms. The van der Waals surface area contributed by atoms with Crippen molar-refractivity contribution >= 4 is 16.7 Å². The second-order valence-corrected chi connectivity index (χ2v) is 5.85. The maximum Gasteiger partial charge on any atom is 0.337 e. The van der Waals surface area contributed by atoms with Crippen LogP contribution in [0.2, 0.25) is 0 Å². The van der Waals surface area contributed by atoms with Gasteiger partial charge >= 0.3 is 5.69 Å². The summed E-state index contributed by atoms with van der Waals surface area (Å²) in [6, 6.07) is 13.0. The van der Waals surface area contributed by atoms with Gasteiger partial charge in [-0.2, -0.15) is 0 Å². The molecule has 3 heterocycles. The zero-order valence-electron chi connectivity index (χ0n) is 14.0. The van der Waals surface area contributed by atoms with Crippen molar-refractivity contribution < 1.29 is 0 Å². The fourth-order valence-corrected chi connectivity index (χ4v) is 2.92. The van der Waals surface area contributed by atoms with E-state index in [1.54, 1.807) is 48.8 Å². The van der Waals surface area contributed by atoms with Crippen molar-refractivity contribution in [3.63, 3.8) is 0 Å². The zero-order valence-corrected chi connectivity index (χ0v) is 14.0. The molecule has 4 rings (SSSR count). The van der Waals surface area contributed by atoms with Gasteiger partial charge in [0.25, 0.3) is 5.56 Å². The van der Waals surface area contributed by atoms with Crippen molar-refractivity contribution in [1.82, 2.24) is 19.1 Å².